The van der Waals surface area contributed by atoms with E-state index in [1.165, 1.54) is 15.0 Å². The maximum absolute atomic E-state index is 5.80. The fourth-order valence-corrected chi connectivity index (χ4v) is 3.85. The molecule has 3 heterocycles. The third kappa shape index (κ3) is 3.43. The highest BCUT2D eigenvalue weighted by atomic mass is 32.1. The fourth-order valence-electron chi connectivity index (χ4n) is 2.80. The minimum absolute atomic E-state index is 0.155. The monoisotopic (exact) mass is 306 g/mol. The van der Waals surface area contributed by atoms with Crippen LogP contribution in [0.2, 0.25) is 0 Å². The maximum atomic E-state index is 5.80. The number of nitrogens with zero attached hydrogens (tertiary/aromatic N) is 1. The molecular formula is C16H22N2O2S. The smallest absolute Gasteiger partial charge is 0.0961 e. The molecule has 0 aromatic carbocycles. The van der Waals surface area contributed by atoms with Gasteiger partial charge >= 0.3 is 0 Å². The van der Waals surface area contributed by atoms with E-state index in [-0.39, 0.29) is 6.10 Å². The second kappa shape index (κ2) is 6.83. The molecule has 2 aromatic heterocycles. The Morgan fingerprint density at radius 2 is 2.48 bits per heavy atom. The second-order valence-corrected chi connectivity index (χ2v) is 6.53. The first-order valence-corrected chi connectivity index (χ1v) is 8.38. The molecule has 0 saturated carbocycles. The van der Waals surface area contributed by atoms with Gasteiger partial charge in [-0.1, -0.05) is 0 Å². The number of rotatable bonds is 5. The number of fused-ring (bicyclic) bond motifs is 1. The molecule has 3 atom stereocenters. The zero-order valence-electron chi connectivity index (χ0n) is 12.5. The van der Waals surface area contributed by atoms with E-state index in [0.29, 0.717) is 18.7 Å². The van der Waals surface area contributed by atoms with E-state index >= 15 is 0 Å². The quantitative estimate of drug-likeness (QED) is 0.921. The van der Waals surface area contributed by atoms with Crippen molar-refractivity contribution in [3.63, 3.8) is 0 Å². The van der Waals surface area contributed by atoms with E-state index in [9.17, 15) is 0 Å². The molecule has 21 heavy (non-hydrogen) atoms. The van der Waals surface area contributed by atoms with Gasteiger partial charge < -0.3 is 14.8 Å². The number of aromatic nitrogens is 1. The average molecular weight is 306 g/mol. The summed E-state index contributed by atoms with van der Waals surface area (Å²) in [5.74, 6) is 0. The molecule has 0 aliphatic carbocycles. The average Bonchev–Trinajstić information content (AvgIpc) is 2.93. The molecule has 1 N–H and O–H groups in total. The van der Waals surface area contributed by atoms with Gasteiger partial charge in [0.15, 0.2) is 0 Å². The Labute approximate surface area is 129 Å². The van der Waals surface area contributed by atoms with Crippen molar-refractivity contribution in [3.05, 3.63) is 29.4 Å². The van der Waals surface area contributed by atoms with Crippen LogP contribution in [0.3, 0.4) is 0 Å². The predicted molar refractivity (Wildman–Crippen MR) is 85.8 cm³/mol. The normalized spacial score (nSPS) is 24.3. The van der Waals surface area contributed by atoms with Gasteiger partial charge in [-0.25, -0.2) is 0 Å². The number of thiophene rings is 1. The zero-order valence-corrected chi connectivity index (χ0v) is 13.4. The molecule has 0 spiro atoms. The van der Waals surface area contributed by atoms with E-state index < -0.39 is 0 Å². The lowest BCUT2D eigenvalue weighted by Gasteiger charge is -2.33. The van der Waals surface area contributed by atoms with Crippen LogP contribution in [0.4, 0.5) is 0 Å². The molecule has 2 aromatic rings. The summed E-state index contributed by atoms with van der Waals surface area (Å²) in [5.41, 5.74) is 0. The molecule has 3 unspecified atom stereocenters. The summed E-state index contributed by atoms with van der Waals surface area (Å²) in [6, 6.07) is 5.00. The Kier molecular flexibility index (Phi) is 4.85. The Morgan fingerprint density at radius 3 is 3.29 bits per heavy atom. The Bertz CT molecular complexity index is 551. The van der Waals surface area contributed by atoms with Crippen LogP contribution in [0.5, 0.6) is 0 Å². The molecule has 4 nitrogen and oxygen atoms in total. The third-order valence-electron chi connectivity index (χ3n) is 3.92. The molecule has 0 bridgehead atoms. The third-order valence-corrected chi connectivity index (χ3v) is 5.19. The maximum Gasteiger partial charge on any atom is 0.0961 e. The molecule has 1 aliphatic heterocycles. The van der Waals surface area contributed by atoms with Gasteiger partial charge in [0.2, 0.25) is 0 Å². The van der Waals surface area contributed by atoms with E-state index in [2.05, 4.69) is 29.4 Å². The Morgan fingerprint density at radius 1 is 1.57 bits per heavy atom. The van der Waals surface area contributed by atoms with Crippen molar-refractivity contribution in [2.75, 3.05) is 19.8 Å². The molecule has 114 valence electrons. The van der Waals surface area contributed by atoms with Crippen molar-refractivity contribution in [2.24, 2.45) is 0 Å². The second-order valence-electron chi connectivity index (χ2n) is 5.41. The van der Waals surface area contributed by atoms with Crippen LogP contribution < -0.4 is 5.32 Å². The first-order valence-electron chi connectivity index (χ1n) is 7.56. The number of nitrogens with one attached hydrogen (secondary N) is 1. The van der Waals surface area contributed by atoms with Gasteiger partial charge in [0.1, 0.15) is 0 Å². The van der Waals surface area contributed by atoms with Crippen LogP contribution in [0.15, 0.2) is 24.5 Å². The van der Waals surface area contributed by atoms with Gasteiger partial charge in [0, 0.05) is 42.6 Å². The highest BCUT2D eigenvalue weighted by Gasteiger charge is 2.27. The Hall–Kier alpha value is -1.01. The standard InChI is InChI=1S/C16H22N2O2S/c1-3-20-14-10-19-7-5-13(14)18-11(2)15-8-12-4-6-17-9-16(12)21-15/h4,6,8-9,11,13-14,18H,3,5,7,10H2,1-2H3. The van der Waals surface area contributed by atoms with Crippen molar-refractivity contribution in [2.45, 2.75) is 38.5 Å². The molecular weight excluding hydrogens is 284 g/mol. The van der Waals surface area contributed by atoms with Gasteiger partial charge in [-0.3, -0.25) is 4.98 Å². The van der Waals surface area contributed by atoms with Gasteiger partial charge in [0.25, 0.3) is 0 Å². The molecule has 1 fully saturated rings. The molecule has 5 heteroatoms. The largest absolute Gasteiger partial charge is 0.379 e. The number of hydrogen-bond donors (Lipinski definition) is 1. The number of pyridine rings is 1. The molecule has 1 aliphatic rings. The number of hydrogen-bond acceptors (Lipinski definition) is 5. The lowest BCUT2D eigenvalue weighted by atomic mass is 10.0. The summed E-state index contributed by atoms with van der Waals surface area (Å²) in [6.45, 7) is 6.48. The molecule has 0 radical (unpaired) electrons. The SMILES string of the molecule is CCOC1COCCC1NC(C)c1cc2ccncc2s1. The van der Waals surface area contributed by atoms with E-state index in [1.807, 2.05) is 30.7 Å². The van der Waals surface area contributed by atoms with Crippen LogP contribution in [-0.4, -0.2) is 37.0 Å². The van der Waals surface area contributed by atoms with E-state index in [4.69, 9.17) is 9.47 Å². The summed E-state index contributed by atoms with van der Waals surface area (Å²) in [7, 11) is 0. The number of ether oxygens (including phenoxy) is 2. The first kappa shape index (κ1) is 14.9. The topological polar surface area (TPSA) is 43.4 Å². The zero-order chi connectivity index (χ0) is 14.7. The van der Waals surface area contributed by atoms with Crippen LogP contribution >= 0.6 is 11.3 Å². The van der Waals surface area contributed by atoms with Gasteiger partial charge in [-0.15, -0.1) is 11.3 Å². The van der Waals surface area contributed by atoms with Crippen LogP contribution in [-0.2, 0) is 9.47 Å². The summed E-state index contributed by atoms with van der Waals surface area (Å²) in [4.78, 5) is 5.54. The summed E-state index contributed by atoms with van der Waals surface area (Å²) in [6.07, 6.45) is 4.94. The van der Waals surface area contributed by atoms with Gasteiger partial charge in [-0.2, -0.15) is 0 Å². The molecule has 0 amide bonds. The highest BCUT2D eigenvalue weighted by Crippen LogP contribution is 2.30. The highest BCUT2D eigenvalue weighted by molar-refractivity contribution is 7.19. The predicted octanol–water partition coefficient (Wildman–Crippen LogP) is 3.14. The van der Waals surface area contributed by atoms with Crippen LogP contribution in [0.25, 0.3) is 10.1 Å². The Balaban J connectivity index is 1.70. The minimum Gasteiger partial charge on any atom is -0.379 e. The van der Waals surface area contributed by atoms with Gasteiger partial charge in [-0.05, 0) is 37.8 Å². The summed E-state index contributed by atoms with van der Waals surface area (Å²) < 4.78 is 12.6. The van der Waals surface area contributed by atoms with E-state index in [1.54, 1.807) is 0 Å². The fraction of sp³-hybridized carbons (Fsp3) is 0.562. The molecule has 1 saturated heterocycles. The van der Waals surface area contributed by atoms with Crippen molar-refractivity contribution in [3.8, 4) is 0 Å². The van der Waals surface area contributed by atoms with Crippen molar-refractivity contribution < 1.29 is 9.47 Å². The minimum atomic E-state index is 0.155. The van der Waals surface area contributed by atoms with E-state index in [0.717, 1.165) is 19.6 Å². The van der Waals surface area contributed by atoms with Crippen LogP contribution in [0, 0.1) is 0 Å². The van der Waals surface area contributed by atoms with Crippen molar-refractivity contribution >= 4 is 21.4 Å². The summed E-state index contributed by atoms with van der Waals surface area (Å²) in [5, 5.41) is 4.99. The lowest BCUT2D eigenvalue weighted by Crippen LogP contribution is -2.48. The molecule has 3 rings (SSSR count). The van der Waals surface area contributed by atoms with Crippen LogP contribution in [0.1, 0.15) is 31.2 Å². The van der Waals surface area contributed by atoms with Crippen molar-refractivity contribution in [1.82, 2.24) is 10.3 Å². The van der Waals surface area contributed by atoms with Crippen molar-refractivity contribution in [1.29, 1.82) is 0 Å². The summed E-state index contributed by atoms with van der Waals surface area (Å²) >= 11 is 1.81. The lowest BCUT2D eigenvalue weighted by molar-refractivity contribution is -0.0669. The first-order chi connectivity index (χ1) is 10.3. The van der Waals surface area contributed by atoms with Gasteiger partial charge in [0.05, 0.1) is 17.4 Å².